The van der Waals surface area contributed by atoms with Crippen LogP contribution in [0.25, 0.3) is 0 Å². The Morgan fingerprint density at radius 1 is 1.13 bits per heavy atom. The second-order valence-electron chi connectivity index (χ2n) is 6.98. The molecule has 1 fully saturated rings. The average molecular weight is 472 g/mol. The van der Waals surface area contributed by atoms with Gasteiger partial charge in [-0.15, -0.1) is 0 Å². The van der Waals surface area contributed by atoms with Crippen molar-refractivity contribution in [2.75, 3.05) is 13.7 Å². The monoisotopic (exact) mass is 471 g/mol. The fourth-order valence-electron chi connectivity index (χ4n) is 3.23. The molecule has 1 saturated heterocycles. The molecule has 0 unspecified atom stereocenters. The van der Waals surface area contributed by atoms with E-state index < -0.39 is 43.2 Å². The molecule has 3 rings (SSSR count). The average Bonchev–Trinajstić information content (AvgIpc) is 2.77. The number of benzene rings is 2. The van der Waals surface area contributed by atoms with Crippen LogP contribution in [-0.2, 0) is 16.1 Å². The summed E-state index contributed by atoms with van der Waals surface area (Å²) in [6.07, 6.45) is -4.97. The number of amides is 1. The number of ether oxygens (including phenoxy) is 3. The van der Waals surface area contributed by atoms with Crippen molar-refractivity contribution in [3.63, 3.8) is 0 Å². The number of methoxy groups -OCH3 is 1. The second kappa shape index (κ2) is 10.6. The highest BCUT2D eigenvalue weighted by molar-refractivity contribution is 6.37. The lowest BCUT2D eigenvalue weighted by atomic mass is 9.96. The van der Waals surface area contributed by atoms with E-state index in [-0.39, 0.29) is 28.0 Å². The van der Waals surface area contributed by atoms with Gasteiger partial charge in [-0.1, -0.05) is 53.5 Å². The van der Waals surface area contributed by atoms with Gasteiger partial charge in [0.25, 0.3) is 5.91 Å². The Morgan fingerprint density at radius 2 is 1.77 bits per heavy atom. The number of carbonyl (C=O) groups excluding carboxylic acids is 1. The van der Waals surface area contributed by atoms with Gasteiger partial charge in [0, 0.05) is 12.7 Å². The molecule has 0 radical (unpaired) electrons. The van der Waals surface area contributed by atoms with Crippen LogP contribution in [0.5, 0.6) is 5.75 Å². The van der Waals surface area contributed by atoms with Gasteiger partial charge in [-0.3, -0.25) is 4.79 Å². The van der Waals surface area contributed by atoms with Crippen LogP contribution in [0.2, 0.25) is 10.0 Å². The summed E-state index contributed by atoms with van der Waals surface area (Å²) >= 11 is 12.6. The van der Waals surface area contributed by atoms with Crippen molar-refractivity contribution in [2.24, 2.45) is 0 Å². The SMILES string of the molecule is CO[C@H]1O[C@H](CO)[C@@H](O)[C@H](O)[C@H]1NC(=O)c1cc(Cl)c(OCc2ccccc2)c(Cl)c1. The summed E-state index contributed by atoms with van der Waals surface area (Å²) in [4.78, 5) is 12.8. The molecule has 1 amide bonds. The molecule has 0 spiro atoms. The van der Waals surface area contributed by atoms with Gasteiger partial charge in [-0.25, -0.2) is 0 Å². The van der Waals surface area contributed by atoms with Gasteiger partial charge >= 0.3 is 0 Å². The molecule has 2 aromatic rings. The Balaban J connectivity index is 1.73. The highest BCUT2D eigenvalue weighted by Crippen LogP contribution is 2.35. The Morgan fingerprint density at radius 3 is 2.35 bits per heavy atom. The molecule has 10 heteroatoms. The molecule has 4 N–H and O–H groups in total. The Labute approximate surface area is 189 Å². The molecule has 0 bridgehead atoms. The van der Waals surface area contributed by atoms with Gasteiger partial charge in [0.05, 0.1) is 16.7 Å². The summed E-state index contributed by atoms with van der Waals surface area (Å²) in [7, 11) is 1.31. The van der Waals surface area contributed by atoms with Crippen LogP contribution in [0.15, 0.2) is 42.5 Å². The number of aliphatic hydroxyl groups is 3. The van der Waals surface area contributed by atoms with E-state index in [4.69, 9.17) is 37.4 Å². The minimum Gasteiger partial charge on any atom is -0.486 e. The first-order valence-corrected chi connectivity index (χ1v) is 10.2. The molecule has 0 aromatic heterocycles. The zero-order valence-corrected chi connectivity index (χ0v) is 18.1. The summed E-state index contributed by atoms with van der Waals surface area (Å²) in [5.74, 6) is -0.386. The van der Waals surface area contributed by atoms with Crippen LogP contribution in [0.4, 0.5) is 0 Å². The summed E-state index contributed by atoms with van der Waals surface area (Å²) in [5, 5.41) is 32.5. The largest absolute Gasteiger partial charge is 0.486 e. The van der Waals surface area contributed by atoms with Crippen molar-refractivity contribution in [2.45, 2.75) is 37.3 Å². The lowest BCUT2D eigenvalue weighted by Crippen LogP contribution is -2.64. The minimum absolute atomic E-state index is 0.114. The quantitative estimate of drug-likeness (QED) is 0.485. The lowest BCUT2D eigenvalue weighted by molar-refractivity contribution is -0.261. The maximum atomic E-state index is 12.8. The third-order valence-corrected chi connectivity index (χ3v) is 5.46. The standard InChI is InChI=1S/C21H23Cl2NO7/c1-29-21-16(18(27)17(26)15(9-25)31-21)24-20(28)12-7-13(22)19(14(23)8-12)30-10-11-5-3-2-4-6-11/h2-8,15-18,21,25-27H,9-10H2,1H3,(H,24,28)/t15-,16-,17-,18-,21+/m1/s1. The van der Waals surface area contributed by atoms with Gasteiger partial charge in [0.15, 0.2) is 12.0 Å². The number of hydrogen-bond donors (Lipinski definition) is 4. The van der Waals surface area contributed by atoms with E-state index in [0.29, 0.717) is 0 Å². The third-order valence-electron chi connectivity index (χ3n) is 4.90. The zero-order chi connectivity index (χ0) is 22.5. The van der Waals surface area contributed by atoms with E-state index in [0.717, 1.165) is 5.56 Å². The Kier molecular flexibility index (Phi) is 8.12. The minimum atomic E-state index is -1.43. The van der Waals surface area contributed by atoms with E-state index >= 15 is 0 Å². The van der Waals surface area contributed by atoms with Crippen molar-refractivity contribution < 1.29 is 34.3 Å². The van der Waals surface area contributed by atoms with Gasteiger partial charge in [-0.2, -0.15) is 0 Å². The molecule has 1 heterocycles. The summed E-state index contributed by atoms with van der Waals surface area (Å²) in [5.41, 5.74) is 1.04. The first-order valence-electron chi connectivity index (χ1n) is 9.47. The van der Waals surface area contributed by atoms with E-state index in [1.165, 1.54) is 19.2 Å². The number of halogens is 2. The number of carbonyl (C=O) groups is 1. The van der Waals surface area contributed by atoms with Crippen LogP contribution in [-0.4, -0.2) is 65.6 Å². The number of nitrogens with one attached hydrogen (secondary N) is 1. The fraction of sp³-hybridized carbons (Fsp3) is 0.381. The normalized spacial score (nSPS) is 25.8. The van der Waals surface area contributed by atoms with Crippen LogP contribution in [0.3, 0.4) is 0 Å². The molecule has 0 aliphatic carbocycles. The Bertz CT molecular complexity index is 874. The van der Waals surface area contributed by atoms with E-state index in [2.05, 4.69) is 5.32 Å². The van der Waals surface area contributed by atoms with Crippen molar-refractivity contribution in [1.82, 2.24) is 5.32 Å². The Hall–Kier alpha value is -1.91. The van der Waals surface area contributed by atoms with Gasteiger partial charge in [-0.05, 0) is 17.7 Å². The lowest BCUT2D eigenvalue weighted by Gasteiger charge is -2.41. The molecule has 31 heavy (non-hydrogen) atoms. The molecule has 5 atom stereocenters. The number of aliphatic hydroxyl groups excluding tert-OH is 3. The highest BCUT2D eigenvalue weighted by atomic mass is 35.5. The van der Waals surface area contributed by atoms with Gasteiger partial charge in [0.2, 0.25) is 0 Å². The second-order valence-corrected chi connectivity index (χ2v) is 7.80. The molecule has 168 valence electrons. The number of rotatable bonds is 7. The van der Waals surface area contributed by atoms with Crippen LogP contribution in [0, 0.1) is 0 Å². The van der Waals surface area contributed by atoms with Crippen molar-refractivity contribution >= 4 is 29.1 Å². The van der Waals surface area contributed by atoms with Crippen LogP contribution >= 0.6 is 23.2 Å². The van der Waals surface area contributed by atoms with E-state index in [1.807, 2.05) is 30.3 Å². The molecular formula is C21H23Cl2NO7. The van der Waals surface area contributed by atoms with Gasteiger partial charge in [0.1, 0.15) is 31.0 Å². The summed E-state index contributed by atoms with van der Waals surface area (Å²) in [6.45, 7) is -0.273. The highest BCUT2D eigenvalue weighted by Gasteiger charge is 2.45. The predicted molar refractivity (Wildman–Crippen MR) is 113 cm³/mol. The first-order chi connectivity index (χ1) is 14.8. The molecular weight excluding hydrogens is 449 g/mol. The number of hydrogen-bond acceptors (Lipinski definition) is 7. The first kappa shape index (κ1) is 23.7. The van der Waals surface area contributed by atoms with Crippen LogP contribution in [0.1, 0.15) is 15.9 Å². The van der Waals surface area contributed by atoms with Crippen molar-refractivity contribution in [3.8, 4) is 5.75 Å². The van der Waals surface area contributed by atoms with Crippen molar-refractivity contribution in [3.05, 3.63) is 63.6 Å². The van der Waals surface area contributed by atoms with E-state index in [1.54, 1.807) is 0 Å². The molecule has 2 aromatic carbocycles. The maximum absolute atomic E-state index is 12.8. The van der Waals surface area contributed by atoms with Crippen molar-refractivity contribution in [1.29, 1.82) is 0 Å². The summed E-state index contributed by atoms with van der Waals surface area (Å²) in [6, 6.07) is 11.1. The maximum Gasteiger partial charge on any atom is 0.251 e. The molecule has 1 aliphatic rings. The predicted octanol–water partition coefficient (Wildman–Crippen LogP) is 1.76. The third kappa shape index (κ3) is 5.48. The van der Waals surface area contributed by atoms with Gasteiger partial charge < -0.3 is 34.8 Å². The van der Waals surface area contributed by atoms with E-state index in [9.17, 15) is 20.1 Å². The smallest absolute Gasteiger partial charge is 0.251 e. The van der Waals surface area contributed by atoms with Crippen LogP contribution < -0.4 is 10.1 Å². The fourth-order valence-corrected chi connectivity index (χ4v) is 3.83. The topological polar surface area (TPSA) is 117 Å². The molecule has 0 saturated carbocycles. The summed E-state index contributed by atoms with van der Waals surface area (Å²) < 4.78 is 16.2. The molecule has 1 aliphatic heterocycles. The zero-order valence-electron chi connectivity index (χ0n) is 16.6. The molecule has 8 nitrogen and oxygen atoms in total.